The number of likely N-dealkylation sites (tertiary alicyclic amines) is 1. The molecule has 7 heteroatoms. The molecule has 1 aliphatic heterocycles. The molecule has 0 saturated carbocycles. The first-order chi connectivity index (χ1) is 19.3. The molecule has 1 amide bonds. The Hall–Kier alpha value is -4.10. The third-order valence-corrected chi connectivity index (χ3v) is 7.00. The zero-order chi connectivity index (χ0) is 28.6. The first kappa shape index (κ1) is 28.9. The van der Waals surface area contributed by atoms with Crippen LogP contribution in [0.15, 0.2) is 78.4 Å². The number of nitrogens with zero attached hydrogens (tertiary/aromatic N) is 2. The summed E-state index contributed by atoms with van der Waals surface area (Å²) in [5.74, 6) is -0.122. The van der Waals surface area contributed by atoms with Crippen LogP contribution in [0, 0.1) is 6.92 Å². The number of carbonyl (C=O) groups excluding carboxylic acids is 2. The van der Waals surface area contributed by atoms with E-state index in [0.717, 1.165) is 35.4 Å². The van der Waals surface area contributed by atoms with E-state index in [1.165, 1.54) is 0 Å². The fourth-order valence-electron chi connectivity index (χ4n) is 4.78. The summed E-state index contributed by atoms with van der Waals surface area (Å²) in [7, 11) is 3.93. The molecular weight excluding hydrogens is 504 g/mol. The van der Waals surface area contributed by atoms with Crippen LogP contribution in [0.25, 0.3) is 5.76 Å². The van der Waals surface area contributed by atoms with Gasteiger partial charge in [-0.15, -0.1) is 0 Å². The van der Waals surface area contributed by atoms with E-state index in [-0.39, 0.29) is 11.3 Å². The van der Waals surface area contributed by atoms with Crippen molar-refractivity contribution in [3.05, 3.63) is 101 Å². The van der Waals surface area contributed by atoms with Gasteiger partial charge >= 0.3 is 0 Å². The van der Waals surface area contributed by atoms with Gasteiger partial charge in [0.05, 0.1) is 18.2 Å². The van der Waals surface area contributed by atoms with Crippen molar-refractivity contribution in [1.29, 1.82) is 0 Å². The Labute approximate surface area is 236 Å². The molecule has 1 saturated heterocycles. The Kier molecular flexibility index (Phi) is 9.61. The standard InChI is InChI=1S/C33H38N2O5/c1-5-21-39-27-15-11-24(12-16-27)30-29(32(37)33(38)35(30)20-8-19-34(3)4)31(36)25-13-17-28(18-14-25)40-22-26-10-7-6-9-23(26)2/h6-7,9-18,30,36H,5,8,19-22H2,1-4H3/b31-29+. The van der Waals surface area contributed by atoms with E-state index in [2.05, 4.69) is 0 Å². The highest BCUT2D eigenvalue weighted by Gasteiger charge is 2.45. The average Bonchev–Trinajstić information content (AvgIpc) is 3.20. The van der Waals surface area contributed by atoms with Crippen LogP contribution in [0.3, 0.4) is 0 Å². The second-order valence-corrected chi connectivity index (χ2v) is 10.3. The Balaban J connectivity index is 1.63. The largest absolute Gasteiger partial charge is 0.507 e. The number of ether oxygens (including phenoxy) is 2. The van der Waals surface area contributed by atoms with Crippen molar-refractivity contribution < 1.29 is 24.2 Å². The molecule has 40 heavy (non-hydrogen) atoms. The van der Waals surface area contributed by atoms with Crippen LogP contribution in [0.5, 0.6) is 11.5 Å². The molecule has 3 aromatic rings. The van der Waals surface area contributed by atoms with Gasteiger partial charge in [0.15, 0.2) is 0 Å². The number of aliphatic hydroxyl groups excluding tert-OH is 1. The minimum atomic E-state index is -0.695. The Morgan fingerprint density at radius 3 is 2.23 bits per heavy atom. The normalized spacial score (nSPS) is 16.5. The molecule has 7 nitrogen and oxygen atoms in total. The summed E-state index contributed by atoms with van der Waals surface area (Å²) in [5.41, 5.74) is 3.52. The van der Waals surface area contributed by atoms with Crippen LogP contribution in [0.4, 0.5) is 0 Å². The van der Waals surface area contributed by atoms with Gasteiger partial charge in [0.1, 0.15) is 23.9 Å². The van der Waals surface area contributed by atoms with Crippen LogP contribution >= 0.6 is 0 Å². The second-order valence-electron chi connectivity index (χ2n) is 10.3. The lowest BCUT2D eigenvalue weighted by Crippen LogP contribution is -2.32. The smallest absolute Gasteiger partial charge is 0.295 e. The minimum absolute atomic E-state index is 0.0886. The van der Waals surface area contributed by atoms with Gasteiger partial charge in [-0.1, -0.05) is 43.3 Å². The maximum atomic E-state index is 13.3. The number of hydrogen-bond donors (Lipinski definition) is 1. The van der Waals surface area contributed by atoms with E-state index in [0.29, 0.717) is 37.5 Å². The second kappa shape index (κ2) is 13.3. The summed E-state index contributed by atoms with van der Waals surface area (Å²) in [4.78, 5) is 30.1. The van der Waals surface area contributed by atoms with E-state index in [1.54, 1.807) is 29.2 Å². The van der Waals surface area contributed by atoms with Gasteiger partial charge in [0.2, 0.25) is 0 Å². The van der Waals surface area contributed by atoms with Crippen molar-refractivity contribution in [1.82, 2.24) is 9.80 Å². The average molecular weight is 543 g/mol. The minimum Gasteiger partial charge on any atom is -0.507 e. The summed E-state index contributed by atoms with van der Waals surface area (Å²) >= 11 is 0. The Morgan fingerprint density at radius 1 is 0.925 bits per heavy atom. The van der Waals surface area contributed by atoms with Crippen LogP contribution in [0.2, 0.25) is 0 Å². The van der Waals surface area contributed by atoms with Crippen molar-refractivity contribution in [2.24, 2.45) is 0 Å². The highest BCUT2D eigenvalue weighted by Crippen LogP contribution is 2.40. The number of carbonyl (C=O) groups is 2. The zero-order valence-corrected chi connectivity index (χ0v) is 23.7. The van der Waals surface area contributed by atoms with Gasteiger partial charge in [0.25, 0.3) is 11.7 Å². The first-order valence-electron chi connectivity index (χ1n) is 13.7. The molecule has 0 spiro atoms. The number of hydrogen-bond acceptors (Lipinski definition) is 6. The number of aliphatic hydroxyl groups is 1. The molecule has 0 bridgehead atoms. The fraction of sp³-hybridized carbons (Fsp3) is 0.333. The Bertz CT molecular complexity index is 1350. The molecule has 0 aliphatic carbocycles. The van der Waals surface area contributed by atoms with Crippen molar-refractivity contribution in [2.45, 2.75) is 39.3 Å². The van der Waals surface area contributed by atoms with Gasteiger partial charge in [0, 0.05) is 12.1 Å². The van der Waals surface area contributed by atoms with Gasteiger partial charge in [-0.3, -0.25) is 9.59 Å². The van der Waals surface area contributed by atoms with E-state index < -0.39 is 17.7 Å². The van der Waals surface area contributed by atoms with Crippen molar-refractivity contribution in [3.8, 4) is 11.5 Å². The van der Waals surface area contributed by atoms with Gasteiger partial charge in [-0.25, -0.2) is 0 Å². The lowest BCUT2D eigenvalue weighted by Gasteiger charge is -2.26. The van der Waals surface area contributed by atoms with Crippen LogP contribution in [-0.2, 0) is 16.2 Å². The molecule has 1 fully saturated rings. The molecule has 210 valence electrons. The molecule has 4 rings (SSSR count). The predicted molar refractivity (Wildman–Crippen MR) is 156 cm³/mol. The van der Waals surface area contributed by atoms with Gasteiger partial charge in [-0.05, 0) is 93.5 Å². The van der Waals surface area contributed by atoms with Crippen LogP contribution in [-0.4, -0.2) is 60.4 Å². The highest BCUT2D eigenvalue weighted by atomic mass is 16.5. The number of Topliss-reactive ketones (excluding diaryl/α,β-unsaturated/α-hetero) is 1. The highest BCUT2D eigenvalue weighted by molar-refractivity contribution is 6.46. The molecule has 0 radical (unpaired) electrons. The molecule has 1 heterocycles. The molecule has 1 atom stereocenters. The first-order valence-corrected chi connectivity index (χ1v) is 13.7. The summed E-state index contributed by atoms with van der Waals surface area (Å²) < 4.78 is 11.7. The van der Waals surface area contributed by atoms with Crippen LogP contribution in [0.1, 0.15) is 48.1 Å². The molecule has 0 aromatic heterocycles. The zero-order valence-electron chi connectivity index (χ0n) is 23.7. The monoisotopic (exact) mass is 542 g/mol. The van der Waals surface area contributed by atoms with E-state index in [9.17, 15) is 14.7 Å². The Morgan fingerprint density at radius 2 is 1.57 bits per heavy atom. The number of ketones is 1. The topological polar surface area (TPSA) is 79.3 Å². The molecule has 1 aliphatic rings. The summed E-state index contributed by atoms with van der Waals surface area (Å²) in [6.07, 6.45) is 1.59. The van der Waals surface area contributed by atoms with E-state index in [1.807, 2.05) is 81.4 Å². The lowest BCUT2D eigenvalue weighted by atomic mass is 9.95. The number of amides is 1. The van der Waals surface area contributed by atoms with E-state index in [4.69, 9.17) is 9.47 Å². The SMILES string of the molecule is CCCOc1ccc(C2/C(=C(\O)c3ccc(OCc4ccccc4C)cc3)C(=O)C(=O)N2CCCN(C)C)cc1. The quantitative estimate of drug-likeness (QED) is 0.179. The van der Waals surface area contributed by atoms with Crippen molar-refractivity contribution in [2.75, 3.05) is 33.8 Å². The summed E-state index contributed by atoms with van der Waals surface area (Å²) in [5, 5.41) is 11.4. The van der Waals surface area contributed by atoms with Gasteiger partial charge < -0.3 is 24.4 Å². The van der Waals surface area contributed by atoms with E-state index >= 15 is 0 Å². The number of rotatable bonds is 12. The molecule has 1 N–H and O–H groups in total. The fourth-order valence-corrected chi connectivity index (χ4v) is 4.78. The number of benzene rings is 3. The van der Waals surface area contributed by atoms with Crippen molar-refractivity contribution in [3.63, 3.8) is 0 Å². The predicted octanol–water partition coefficient (Wildman–Crippen LogP) is 5.74. The molecule has 1 unspecified atom stereocenters. The summed E-state index contributed by atoms with van der Waals surface area (Å²) in [6, 6.07) is 21.7. The number of aryl methyl sites for hydroxylation is 1. The lowest BCUT2D eigenvalue weighted by molar-refractivity contribution is -0.139. The maximum absolute atomic E-state index is 13.3. The van der Waals surface area contributed by atoms with Gasteiger partial charge in [-0.2, -0.15) is 0 Å². The van der Waals surface area contributed by atoms with Crippen LogP contribution < -0.4 is 9.47 Å². The summed E-state index contributed by atoms with van der Waals surface area (Å²) in [6.45, 7) is 6.27. The third-order valence-electron chi connectivity index (χ3n) is 7.00. The molecular formula is C33H38N2O5. The van der Waals surface area contributed by atoms with Crippen molar-refractivity contribution >= 4 is 17.4 Å². The maximum Gasteiger partial charge on any atom is 0.295 e. The molecule has 3 aromatic carbocycles. The third kappa shape index (κ3) is 6.72.